The summed E-state index contributed by atoms with van der Waals surface area (Å²) in [5, 5.41) is 0. The lowest BCUT2D eigenvalue weighted by Gasteiger charge is -2.57. The molecule has 1 unspecified atom stereocenters. The molecule has 5 fully saturated rings. The summed E-state index contributed by atoms with van der Waals surface area (Å²) >= 11 is 0. The lowest BCUT2D eigenvalue weighted by molar-refractivity contribution is -0.200. The average molecular weight is 560 g/mol. The van der Waals surface area contributed by atoms with Crippen LogP contribution in [-0.4, -0.2) is 38.5 Å². The molecule has 4 aliphatic carbocycles. The molecule has 5 aliphatic rings. The van der Waals surface area contributed by atoms with Crippen LogP contribution >= 0.6 is 0 Å². The van der Waals surface area contributed by atoms with Crippen LogP contribution in [0.4, 0.5) is 0 Å². The zero-order valence-corrected chi connectivity index (χ0v) is 23.9. The van der Waals surface area contributed by atoms with Gasteiger partial charge in [0.15, 0.2) is 6.29 Å². The van der Waals surface area contributed by atoms with Crippen molar-refractivity contribution < 1.29 is 28.6 Å². The molecule has 4 saturated carbocycles. The Balaban J connectivity index is 1.18. The maximum Gasteiger partial charge on any atom is 0.330 e. The molecule has 1 atom stereocenters. The van der Waals surface area contributed by atoms with Gasteiger partial charge in [-0.3, -0.25) is 4.79 Å². The van der Waals surface area contributed by atoms with E-state index in [1.54, 1.807) is 6.08 Å². The second-order valence-electron chi connectivity index (χ2n) is 12.4. The molecule has 1 N–H and O–H groups in total. The smallest absolute Gasteiger partial charge is 0.330 e. The van der Waals surface area contributed by atoms with Crippen molar-refractivity contribution in [1.82, 2.24) is 5.48 Å². The molecule has 2 aromatic rings. The van der Waals surface area contributed by atoms with Gasteiger partial charge in [-0.1, -0.05) is 30.3 Å². The monoisotopic (exact) mass is 559 g/mol. The first-order valence-electron chi connectivity index (χ1n) is 15.2. The predicted octanol–water partition coefficient (Wildman–Crippen LogP) is 6.35. The van der Waals surface area contributed by atoms with Crippen LogP contribution in [0.25, 0.3) is 17.2 Å². The van der Waals surface area contributed by atoms with E-state index in [1.165, 1.54) is 57.3 Å². The molecule has 1 amide bonds. The van der Waals surface area contributed by atoms with Crippen LogP contribution in [0.15, 0.2) is 48.5 Å². The third-order valence-electron chi connectivity index (χ3n) is 9.48. The summed E-state index contributed by atoms with van der Waals surface area (Å²) in [5.74, 6) is 2.76. The standard InChI is InChI=1S/C34H41NO6/c1-38-32(37)12-7-23-5-8-27(9-6-23)28-10-11-30(39-15-13-31(36)35-41-33-4-2-3-14-40-33)29(19-28)34-20-24-16-25(21-34)18-26(17-24)22-34/h5-12,19,24-26,33H,2-4,13-18,20-22H2,1H3,(H,35,36). The fourth-order valence-electron chi connectivity index (χ4n) is 7.95. The first-order chi connectivity index (χ1) is 20.0. The Kier molecular flexibility index (Phi) is 8.45. The number of hydroxylamine groups is 1. The Morgan fingerprint density at radius 1 is 0.976 bits per heavy atom. The van der Waals surface area contributed by atoms with Crippen LogP contribution in [-0.2, 0) is 29.3 Å². The van der Waals surface area contributed by atoms with Gasteiger partial charge in [-0.25, -0.2) is 15.1 Å². The second-order valence-corrected chi connectivity index (χ2v) is 12.4. The Bertz CT molecular complexity index is 1230. The van der Waals surface area contributed by atoms with E-state index in [1.807, 2.05) is 12.1 Å². The molecule has 0 spiro atoms. The zero-order valence-electron chi connectivity index (χ0n) is 23.9. The molecule has 2 aromatic carbocycles. The molecular formula is C34H41NO6. The highest BCUT2D eigenvalue weighted by Crippen LogP contribution is 2.62. The molecule has 41 heavy (non-hydrogen) atoms. The highest BCUT2D eigenvalue weighted by molar-refractivity contribution is 5.87. The predicted molar refractivity (Wildman–Crippen MR) is 156 cm³/mol. The van der Waals surface area contributed by atoms with Crippen molar-refractivity contribution in [3.8, 4) is 16.9 Å². The van der Waals surface area contributed by atoms with Gasteiger partial charge in [-0.05, 0) is 109 Å². The van der Waals surface area contributed by atoms with Gasteiger partial charge in [-0.15, -0.1) is 0 Å². The SMILES string of the molecule is COC(=O)C=Cc1ccc(-c2ccc(OCCC(=O)NOC3CCCCO3)c(C34CC5CC(CC(C5)C3)C4)c2)cc1. The van der Waals surface area contributed by atoms with E-state index in [-0.39, 0.29) is 30.0 Å². The molecule has 7 nitrogen and oxygen atoms in total. The van der Waals surface area contributed by atoms with Crippen molar-refractivity contribution in [3.63, 3.8) is 0 Å². The van der Waals surface area contributed by atoms with Gasteiger partial charge < -0.3 is 14.2 Å². The lowest BCUT2D eigenvalue weighted by Crippen LogP contribution is -2.48. The summed E-state index contributed by atoms with van der Waals surface area (Å²) in [7, 11) is 1.38. The number of rotatable bonds is 10. The van der Waals surface area contributed by atoms with Gasteiger partial charge in [0.1, 0.15) is 5.75 Å². The molecule has 4 bridgehead atoms. The highest BCUT2D eigenvalue weighted by atomic mass is 16.8. The highest BCUT2D eigenvalue weighted by Gasteiger charge is 2.52. The minimum absolute atomic E-state index is 0.146. The van der Waals surface area contributed by atoms with Crippen molar-refractivity contribution in [1.29, 1.82) is 0 Å². The largest absolute Gasteiger partial charge is 0.493 e. The molecule has 1 aliphatic heterocycles. The van der Waals surface area contributed by atoms with Crippen molar-refractivity contribution >= 4 is 18.0 Å². The van der Waals surface area contributed by atoms with Crippen LogP contribution in [0.1, 0.15) is 75.3 Å². The Hall–Kier alpha value is -3.16. The number of carbonyl (C=O) groups excluding carboxylic acids is 2. The normalized spacial score (nSPS) is 28.5. The van der Waals surface area contributed by atoms with Gasteiger partial charge in [-0.2, -0.15) is 0 Å². The van der Waals surface area contributed by atoms with Gasteiger partial charge in [0, 0.05) is 24.7 Å². The lowest BCUT2D eigenvalue weighted by atomic mass is 9.48. The van der Waals surface area contributed by atoms with Crippen LogP contribution in [0.3, 0.4) is 0 Å². The van der Waals surface area contributed by atoms with Crippen molar-refractivity contribution in [2.24, 2.45) is 17.8 Å². The van der Waals surface area contributed by atoms with Crippen molar-refractivity contribution in [2.45, 2.75) is 75.9 Å². The van der Waals surface area contributed by atoms with E-state index < -0.39 is 0 Å². The minimum atomic E-state index is -0.367. The van der Waals surface area contributed by atoms with E-state index in [4.69, 9.17) is 19.0 Å². The zero-order chi connectivity index (χ0) is 28.2. The second kappa shape index (κ2) is 12.4. The van der Waals surface area contributed by atoms with Crippen LogP contribution in [0, 0.1) is 17.8 Å². The number of hydrogen-bond acceptors (Lipinski definition) is 6. The van der Waals surface area contributed by atoms with E-state index in [0.29, 0.717) is 13.2 Å². The van der Waals surface area contributed by atoms with E-state index in [9.17, 15) is 9.59 Å². The number of hydrogen-bond donors (Lipinski definition) is 1. The minimum Gasteiger partial charge on any atom is -0.493 e. The van der Waals surface area contributed by atoms with Gasteiger partial charge in [0.05, 0.1) is 20.1 Å². The van der Waals surface area contributed by atoms with Crippen LogP contribution < -0.4 is 10.2 Å². The van der Waals surface area contributed by atoms with Crippen molar-refractivity contribution in [3.05, 3.63) is 59.7 Å². The first kappa shape index (κ1) is 28.0. The number of esters is 1. The quantitative estimate of drug-likeness (QED) is 0.208. The summed E-state index contributed by atoms with van der Waals surface area (Å²) in [6.45, 7) is 0.962. The van der Waals surface area contributed by atoms with Gasteiger partial charge in [0.25, 0.3) is 0 Å². The molecular weight excluding hydrogens is 518 g/mol. The maximum absolute atomic E-state index is 12.4. The van der Waals surface area contributed by atoms with Crippen LogP contribution in [0.2, 0.25) is 0 Å². The number of ether oxygens (including phenoxy) is 3. The Labute approximate surface area is 242 Å². The van der Waals surface area contributed by atoms with Crippen molar-refractivity contribution in [2.75, 3.05) is 20.3 Å². The first-order valence-corrected chi connectivity index (χ1v) is 15.2. The summed E-state index contributed by atoms with van der Waals surface area (Å²) < 4.78 is 16.6. The summed E-state index contributed by atoms with van der Waals surface area (Å²) in [5.41, 5.74) is 7.21. The topological polar surface area (TPSA) is 83.1 Å². The number of nitrogens with one attached hydrogen (secondary N) is 1. The number of benzene rings is 2. The Morgan fingerprint density at radius 2 is 1.68 bits per heavy atom. The third-order valence-corrected chi connectivity index (χ3v) is 9.48. The molecule has 0 aromatic heterocycles. The average Bonchev–Trinajstić information content (AvgIpc) is 2.99. The molecule has 7 heteroatoms. The number of methoxy groups -OCH3 is 1. The van der Waals surface area contributed by atoms with Crippen LogP contribution in [0.5, 0.6) is 5.75 Å². The van der Waals surface area contributed by atoms with Gasteiger partial charge >= 0.3 is 5.97 Å². The molecule has 0 radical (unpaired) electrons. The molecule has 7 rings (SSSR count). The molecule has 218 valence electrons. The summed E-state index contributed by atoms with van der Waals surface area (Å²) in [4.78, 5) is 29.3. The summed E-state index contributed by atoms with van der Waals surface area (Å²) in [6, 6.07) is 14.8. The van der Waals surface area contributed by atoms with Gasteiger partial charge in [0.2, 0.25) is 5.91 Å². The number of amides is 1. The van der Waals surface area contributed by atoms with E-state index in [2.05, 4.69) is 35.8 Å². The summed E-state index contributed by atoms with van der Waals surface area (Å²) in [6.07, 6.45) is 13.7. The van der Waals surface area contributed by atoms with E-state index in [0.717, 1.165) is 59.5 Å². The molecule has 1 heterocycles. The van der Waals surface area contributed by atoms with E-state index >= 15 is 0 Å². The number of carbonyl (C=O) groups is 2. The Morgan fingerprint density at radius 3 is 2.34 bits per heavy atom. The molecule has 1 saturated heterocycles. The third kappa shape index (κ3) is 6.52. The fraction of sp³-hybridized carbons (Fsp3) is 0.529. The maximum atomic E-state index is 12.4. The fourth-order valence-corrected chi connectivity index (χ4v) is 7.95.